The maximum Gasteiger partial charge on any atom is 0.262 e. The molecule has 0 saturated carbocycles. The van der Waals surface area contributed by atoms with Gasteiger partial charge in [-0.15, -0.1) is 0 Å². The summed E-state index contributed by atoms with van der Waals surface area (Å²) in [5.74, 6) is 0.825. The molecule has 7 nitrogen and oxygen atoms in total. The lowest BCUT2D eigenvalue weighted by Crippen LogP contribution is -3.06. The number of ether oxygens (including phenoxy) is 1. The molecule has 7 heteroatoms. The van der Waals surface area contributed by atoms with E-state index >= 15 is 0 Å². The largest absolute Gasteiger partial charge is 0.494 e. The van der Waals surface area contributed by atoms with Crippen LogP contribution in [0.1, 0.15) is 18.3 Å². The minimum Gasteiger partial charge on any atom is -0.494 e. The standard InChI is InChI=1S/C21H24N4O3/c1-3-28-16-10-8-15(9-11-16)12-24(2)14-20-23-18-7-5-4-6-17(18)21(27)25(20)13-19(22)26/h4-11H,3,12-14H2,1-2H3,(H2,22,26)/p+1. The average Bonchev–Trinajstić information content (AvgIpc) is 2.66. The number of amides is 1. The van der Waals surface area contributed by atoms with Crippen LogP contribution in [0, 0.1) is 0 Å². The van der Waals surface area contributed by atoms with Gasteiger partial charge in [0.25, 0.3) is 5.56 Å². The lowest BCUT2D eigenvalue weighted by Gasteiger charge is -2.17. The number of hydrogen-bond acceptors (Lipinski definition) is 4. The number of nitrogens with zero attached hydrogens (tertiary/aromatic N) is 2. The Morgan fingerprint density at radius 2 is 1.86 bits per heavy atom. The molecule has 0 aliphatic rings. The average molecular weight is 381 g/mol. The first-order valence-electron chi connectivity index (χ1n) is 9.27. The first kappa shape index (κ1) is 19.6. The number of quaternary nitrogens is 1. The molecule has 0 radical (unpaired) electrons. The fraction of sp³-hybridized carbons (Fsp3) is 0.286. The summed E-state index contributed by atoms with van der Waals surface area (Å²) in [6.07, 6.45) is 0. The van der Waals surface area contributed by atoms with Crippen molar-refractivity contribution in [2.75, 3.05) is 13.7 Å². The Morgan fingerprint density at radius 1 is 1.14 bits per heavy atom. The number of nitrogens with two attached hydrogens (primary N) is 1. The predicted molar refractivity (Wildman–Crippen MR) is 107 cm³/mol. The third-order valence-corrected chi connectivity index (χ3v) is 4.45. The normalized spacial score (nSPS) is 12.1. The fourth-order valence-electron chi connectivity index (χ4n) is 3.22. The summed E-state index contributed by atoms with van der Waals surface area (Å²) in [7, 11) is 2.02. The van der Waals surface area contributed by atoms with Crippen molar-refractivity contribution in [1.29, 1.82) is 0 Å². The second-order valence-electron chi connectivity index (χ2n) is 6.79. The summed E-state index contributed by atoms with van der Waals surface area (Å²) < 4.78 is 6.85. The smallest absolute Gasteiger partial charge is 0.262 e. The Bertz CT molecular complexity index is 1030. The summed E-state index contributed by atoms with van der Waals surface area (Å²) in [5, 5.41) is 0.483. The minimum absolute atomic E-state index is 0.178. The quantitative estimate of drug-likeness (QED) is 0.594. The van der Waals surface area contributed by atoms with Crippen LogP contribution in [0.5, 0.6) is 5.75 Å². The molecule has 0 fully saturated rings. The van der Waals surface area contributed by atoms with Gasteiger partial charge in [-0.25, -0.2) is 4.98 Å². The van der Waals surface area contributed by atoms with Gasteiger partial charge in [-0.1, -0.05) is 12.1 Å². The van der Waals surface area contributed by atoms with E-state index in [0.717, 1.165) is 22.8 Å². The van der Waals surface area contributed by atoms with Crippen molar-refractivity contribution in [3.8, 4) is 5.75 Å². The highest BCUT2D eigenvalue weighted by Crippen LogP contribution is 2.11. The number of fused-ring (bicyclic) bond motifs is 1. The van der Waals surface area contributed by atoms with Crippen molar-refractivity contribution in [2.24, 2.45) is 5.73 Å². The molecule has 3 N–H and O–H groups in total. The third-order valence-electron chi connectivity index (χ3n) is 4.45. The molecule has 1 unspecified atom stereocenters. The van der Waals surface area contributed by atoms with Crippen molar-refractivity contribution in [1.82, 2.24) is 9.55 Å². The number of carbonyl (C=O) groups excluding carboxylic acids is 1. The Morgan fingerprint density at radius 3 is 2.54 bits per heavy atom. The molecule has 1 heterocycles. The number of carbonyl (C=O) groups is 1. The molecule has 0 spiro atoms. The van der Waals surface area contributed by atoms with E-state index in [2.05, 4.69) is 4.98 Å². The van der Waals surface area contributed by atoms with Crippen molar-refractivity contribution < 1.29 is 14.4 Å². The van der Waals surface area contributed by atoms with Crippen LogP contribution in [0.15, 0.2) is 53.3 Å². The molecule has 1 atom stereocenters. The molecule has 146 valence electrons. The summed E-state index contributed by atoms with van der Waals surface area (Å²) >= 11 is 0. The fourth-order valence-corrected chi connectivity index (χ4v) is 3.22. The molecule has 0 aliphatic heterocycles. The Labute approximate surface area is 163 Å². The van der Waals surface area contributed by atoms with Crippen LogP contribution in [-0.2, 0) is 24.4 Å². The van der Waals surface area contributed by atoms with E-state index in [4.69, 9.17) is 10.5 Å². The van der Waals surface area contributed by atoms with Gasteiger partial charge < -0.3 is 15.4 Å². The SMILES string of the molecule is CCOc1ccc(C[NH+](C)Cc2nc3ccccc3c(=O)n2CC(N)=O)cc1. The Kier molecular flexibility index (Phi) is 6.06. The Balaban J connectivity index is 1.85. The first-order chi connectivity index (χ1) is 13.5. The molecular formula is C21H25N4O3+. The van der Waals surface area contributed by atoms with Gasteiger partial charge in [0, 0.05) is 5.56 Å². The number of para-hydroxylation sites is 1. The van der Waals surface area contributed by atoms with E-state index in [1.54, 1.807) is 18.2 Å². The van der Waals surface area contributed by atoms with Crippen LogP contribution in [0.3, 0.4) is 0 Å². The van der Waals surface area contributed by atoms with E-state index in [1.165, 1.54) is 4.57 Å². The number of nitrogens with one attached hydrogen (secondary N) is 1. The Hall–Kier alpha value is -3.19. The van der Waals surface area contributed by atoms with Gasteiger partial charge in [0.1, 0.15) is 25.4 Å². The molecule has 1 amide bonds. The molecule has 0 saturated heterocycles. The van der Waals surface area contributed by atoms with Crippen molar-refractivity contribution in [2.45, 2.75) is 26.6 Å². The number of rotatable bonds is 8. The predicted octanol–water partition coefficient (Wildman–Crippen LogP) is 0.495. The van der Waals surface area contributed by atoms with Gasteiger partial charge >= 0.3 is 0 Å². The van der Waals surface area contributed by atoms with Crippen LogP contribution >= 0.6 is 0 Å². The van der Waals surface area contributed by atoms with E-state index in [0.29, 0.717) is 29.9 Å². The number of primary amides is 1. The molecule has 3 aromatic rings. The minimum atomic E-state index is -0.565. The second-order valence-corrected chi connectivity index (χ2v) is 6.79. The van der Waals surface area contributed by atoms with Crippen LogP contribution in [0.2, 0.25) is 0 Å². The number of aromatic nitrogens is 2. The summed E-state index contributed by atoms with van der Waals surface area (Å²) in [4.78, 5) is 30.1. The van der Waals surface area contributed by atoms with Crippen LogP contribution in [0.25, 0.3) is 10.9 Å². The van der Waals surface area contributed by atoms with Gasteiger partial charge in [0.05, 0.1) is 24.6 Å². The zero-order chi connectivity index (χ0) is 20.1. The van der Waals surface area contributed by atoms with Crippen molar-refractivity contribution in [3.63, 3.8) is 0 Å². The lowest BCUT2D eigenvalue weighted by molar-refractivity contribution is -0.908. The highest BCUT2D eigenvalue weighted by molar-refractivity contribution is 5.78. The van der Waals surface area contributed by atoms with Gasteiger partial charge in [0.2, 0.25) is 5.91 Å². The van der Waals surface area contributed by atoms with Gasteiger partial charge in [-0.3, -0.25) is 14.2 Å². The van der Waals surface area contributed by atoms with E-state index in [9.17, 15) is 9.59 Å². The van der Waals surface area contributed by atoms with Gasteiger partial charge in [-0.2, -0.15) is 0 Å². The monoisotopic (exact) mass is 381 g/mol. The second kappa shape index (κ2) is 8.67. The number of hydrogen-bond donors (Lipinski definition) is 2. The lowest BCUT2D eigenvalue weighted by atomic mass is 10.2. The molecule has 0 bridgehead atoms. The van der Waals surface area contributed by atoms with Crippen LogP contribution < -0.4 is 20.9 Å². The third kappa shape index (κ3) is 4.55. The maximum absolute atomic E-state index is 12.8. The molecule has 3 rings (SSSR count). The van der Waals surface area contributed by atoms with Crippen molar-refractivity contribution >= 4 is 16.8 Å². The molecule has 2 aromatic carbocycles. The van der Waals surface area contributed by atoms with Gasteiger partial charge in [0.15, 0.2) is 5.82 Å². The van der Waals surface area contributed by atoms with E-state index in [-0.39, 0.29) is 12.1 Å². The van der Waals surface area contributed by atoms with Crippen molar-refractivity contribution in [3.05, 3.63) is 70.3 Å². The highest BCUT2D eigenvalue weighted by atomic mass is 16.5. The zero-order valence-electron chi connectivity index (χ0n) is 16.1. The summed E-state index contributed by atoms with van der Waals surface area (Å²) in [6.45, 7) is 3.64. The summed E-state index contributed by atoms with van der Waals surface area (Å²) in [6, 6.07) is 15.1. The molecule has 0 aliphatic carbocycles. The van der Waals surface area contributed by atoms with E-state index < -0.39 is 5.91 Å². The molecule has 1 aromatic heterocycles. The van der Waals surface area contributed by atoms with E-state index in [1.807, 2.05) is 44.3 Å². The number of benzene rings is 2. The molecule has 28 heavy (non-hydrogen) atoms. The zero-order valence-corrected chi connectivity index (χ0v) is 16.1. The molecular weight excluding hydrogens is 356 g/mol. The van der Waals surface area contributed by atoms with Gasteiger partial charge in [-0.05, 0) is 43.3 Å². The first-order valence-corrected chi connectivity index (χ1v) is 9.27. The maximum atomic E-state index is 12.8. The topological polar surface area (TPSA) is 91.7 Å². The highest BCUT2D eigenvalue weighted by Gasteiger charge is 2.16. The summed E-state index contributed by atoms with van der Waals surface area (Å²) in [5.41, 5.74) is 6.88. The van der Waals surface area contributed by atoms with Crippen LogP contribution in [0.4, 0.5) is 0 Å². The van der Waals surface area contributed by atoms with Crippen LogP contribution in [-0.4, -0.2) is 29.1 Å².